The number of carbonyl (C=O) groups is 1. The van der Waals surface area contributed by atoms with Gasteiger partial charge in [-0.25, -0.2) is 0 Å². The minimum absolute atomic E-state index is 0.0617. The molecule has 0 bridgehead atoms. The van der Waals surface area contributed by atoms with Crippen LogP contribution in [0.15, 0.2) is 29.3 Å². The van der Waals surface area contributed by atoms with Gasteiger partial charge >= 0.3 is 0 Å². The smallest absolute Gasteiger partial charge is 0.243 e. The van der Waals surface area contributed by atoms with Crippen LogP contribution < -0.4 is 10.6 Å². The van der Waals surface area contributed by atoms with E-state index in [9.17, 15) is 4.79 Å². The Bertz CT molecular complexity index is 658. The number of rotatable bonds is 5. The van der Waals surface area contributed by atoms with E-state index in [2.05, 4.69) is 38.4 Å². The summed E-state index contributed by atoms with van der Waals surface area (Å²) in [4.78, 5) is 21.4. The van der Waals surface area contributed by atoms with Crippen LogP contribution in [-0.2, 0) is 16.0 Å². The molecule has 7 heteroatoms. The highest BCUT2D eigenvalue weighted by molar-refractivity contribution is 5.95. The fourth-order valence-electron chi connectivity index (χ4n) is 3.74. The fraction of sp³-hybridized carbons (Fsp3) is 0.600. The molecule has 2 fully saturated rings. The van der Waals surface area contributed by atoms with Crippen LogP contribution in [-0.4, -0.2) is 80.7 Å². The van der Waals surface area contributed by atoms with Gasteiger partial charge in [0, 0.05) is 45.0 Å². The summed E-state index contributed by atoms with van der Waals surface area (Å²) in [6, 6.07) is 8.50. The number of benzene rings is 1. The number of nitrogens with one attached hydrogen (secondary N) is 2. The van der Waals surface area contributed by atoms with Gasteiger partial charge in [-0.1, -0.05) is 19.1 Å². The molecule has 2 N–H and O–H groups in total. The first-order valence-corrected chi connectivity index (χ1v) is 9.85. The summed E-state index contributed by atoms with van der Waals surface area (Å²) < 4.78 is 5.45. The lowest BCUT2D eigenvalue weighted by atomic mass is 10.1. The predicted octanol–water partition coefficient (Wildman–Crippen LogP) is 1.17. The van der Waals surface area contributed by atoms with Gasteiger partial charge in [-0.2, -0.15) is 0 Å². The van der Waals surface area contributed by atoms with Crippen LogP contribution in [0.3, 0.4) is 0 Å². The molecule has 0 radical (unpaired) electrons. The number of nitrogens with zero attached hydrogens (tertiary/aromatic N) is 3. The number of morpholine rings is 1. The highest BCUT2D eigenvalue weighted by Gasteiger charge is 2.30. The summed E-state index contributed by atoms with van der Waals surface area (Å²) >= 11 is 0. The number of carbonyl (C=O) groups excluding carboxylic acids is 1. The van der Waals surface area contributed by atoms with Crippen molar-refractivity contribution < 1.29 is 9.53 Å². The summed E-state index contributed by atoms with van der Waals surface area (Å²) in [7, 11) is 1.77. The summed E-state index contributed by atoms with van der Waals surface area (Å²) in [6.45, 7) is 7.87. The number of hydrogen-bond donors (Lipinski definition) is 2. The molecule has 1 aromatic carbocycles. The van der Waals surface area contributed by atoms with Crippen LogP contribution in [0.5, 0.6) is 0 Å². The molecular formula is C20H31N5O2. The molecular weight excluding hydrogens is 342 g/mol. The van der Waals surface area contributed by atoms with Gasteiger partial charge in [0.05, 0.1) is 19.8 Å². The zero-order valence-electron chi connectivity index (χ0n) is 16.4. The minimum atomic E-state index is -0.0617. The predicted molar refractivity (Wildman–Crippen MR) is 108 cm³/mol. The lowest BCUT2D eigenvalue weighted by molar-refractivity contribution is -0.115. The maximum absolute atomic E-state index is 12.3. The van der Waals surface area contributed by atoms with Gasteiger partial charge in [-0.05, 0) is 30.5 Å². The Hall–Kier alpha value is -2.12. The maximum Gasteiger partial charge on any atom is 0.243 e. The number of aliphatic imine (C=N–C) groups is 1. The average Bonchev–Trinajstić information content (AvgIpc) is 3.19. The van der Waals surface area contributed by atoms with Crippen molar-refractivity contribution in [2.45, 2.75) is 25.8 Å². The molecule has 3 rings (SSSR count). The second-order valence-electron chi connectivity index (χ2n) is 7.04. The van der Waals surface area contributed by atoms with Crippen molar-refractivity contribution in [2.75, 3.05) is 58.3 Å². The van der Waals surface area contributed by atoms with Crippen LogP contribution in [0.25, 0.3) is 0 Å². The number of amides is 1. The van der Waals surface area contributed by atoms with Crippen LogP contribution >= 0.6 is 0 Å². The first kappa shape index (κ1) is 19.6. The number of anilines is 1. The van der Waals surface area contributed by atoms with Crippen molar-refractivity contribution in [2.24, 2.45) is 4.99 Å². The summed E-state index contributed by atoms with van der Waals surface area (Å²) in [6.07, 6.45) is 2.07. The van der Waals surface area contributed by atoms with Crippen molar-refractivity contribution in [1.29, 1.82) is 0 Å². The minimum Gasteiger partial charge on any atom is -0.379 e. The summed E-state index contributed by atoms with van der Waals surface area (Å²) in [5.41, 5.74) is 2.05. The Balaban J connectivity index is 1.46. The lowest BCUT2D eigenvalue weighted by Crippen LogP contribution is -2.47. The van der Waals surface area contributed by atoms with E-state index in [1.54, 1.807) is 7.05 Å². The number of hydrogen-bond acceptors (Lipinski definition) is 4. The molecule has 0 aromatic heterocycles. The van der Waals surface area contributed by atoms with E-state index >= 15 is 0 Å². The second kappa shape index (κ2) is 9.71. The topological polar surface area (TPSA) is 69.2 Å². The van der Waals surface area contributed by atoms with Gasteiger partial charge in [0.2, 0.25) is 5.91 Å². The number of ether oxygens (including phenoxy) is 1. The monoisotopic (exact) mass is 373 g/mol. The van der Waals surface area contributed by atoms with E-state index in [1.807, 2.05) is 18.2 Å². The normalized spacial score (nSPS) is 21.3. The first-order chi connectivity index (χ1) is 13.2. The quantitative estimate of drug-likeness (QED) is 0.599. The van der Waals surface area contributed by atoms with E-state index in [1.165, 1.54) is 5.56 Å². The Morgan fingerprint density at radius 1 is 1.30 bits per heavy atom. The molecule has 7 nitrogen and oxygen atoms in total. The second-order valence-corrected chi connectivity index (χ2v) is 7.04. The van der Waals surface area contributed by atoms with Crippen LogP contribution in [0, 0.1) is 0 Å². The molecule has 1 amide bonds. The van der Waals surface area contributed by atoms with E-state index in [4.69, 9.17) is 4.74 Å². The van der Waals surface area contributed by atoms with Gasteiger partial charge in [-0.15, -0.1) is 0 Å². The lowest BCUT2D eigenvalue weighted by Gasteiger charge is -2.32. The Morgan fingerprint density at radius 2 is 2.11 bits per heavy atom. The summed E-state index contributed by atoms with van der Waals surface area (Å²) in [5.74, 6) is 0.733. The maximum atomic E-state index is 12.3. The third-order valence-electron chi connectivity index (χ3n) is 5.26. The Kier molecular flexibility index (Phi) is 7.06. The molecule has 0 saturated carbocycles. The van der Waals surface area contributed by atoms with Crippen LogP contribution in [0.4, 0.5) is 5.69 Å². The molecule has 2 heterocycles. The largest absolute Gasteiger partial charge is 0.379 e. The molecule has 148 valence electrons. The van der Waals surface area contributed by atoms with E-state index in [-0.39, 0.29) is 12.5 Å². The molecule has 2 aliphatic heterocycles. The number of aryl methyl sites for hydroxylation is 1. The van der Waals surface area contributed by atoms with Crippen molar-refractivity contribution >= 4 is 17.6 Å². The number of guanidine groups is 1. The van der Waals surface area contributed by atoms with Crippen molar-refractivity contribution in [3.05, 3.63) is 29.8 Å². The molecule has 1 aromatic rings. The van der Waals surface area contributed by atoms with Crippen molar-refractivity contribution in [3.63, 3.8) is 0 Å². The molecule has 0 aliphatic carbocycles. The molecule has 2 saturated heterocycles. The molecule has 1 unspecified atom stereocenters. The molecule has 0 spiro atoms. The van der Waals surface area contributed by atoms with E-state index in [0.29, 0.717) is 6.04 Å². The van der Waals surface area contributed by atoms with Gasteiger partial charge < -0.3 is 20.3 Å². The highest BCUT2D eigenvalue weighted by Crippen LogP contribution is 2.17. The molecule has 1 atom stereocenters. The molecule has 2 aliphatic rings. The van der Waals surface area contributed by atoms with E-state index in [0.717, 1.165) is 63.9 Å². The van der Waals surface area contributed by atoms with Crippen molar-refractivity contribution in [1.82, 2.24) is 15.1 Å². The fourth-order valence-corrected chi connectivity index (χ4v) is 3.74. The summed E-state index contributed by atoms with van der Waals surface area (Å²) in [5, 5.41) is 6.15. The standard InChI is InChI=1S/C20H31N5O2/c1-3-16-5-4-6-17(13-16)23-19(26)14-22-20(21-2)25-8-7-18(15-25)24-9-11-27-12-10-24/h4-6,13,18H,3,7-12,14-15H2,1-2H3,(H,21,22)(H,23,26). The van der Waals surface area contributed by atoms with Gasteiger partial charge in [-0.3, -0.25) is 14.7 Å². The number of likely N-dealkylation sites (tertiary alicyclic amines) is 1. The average molecular weight is 374 g/mol. The Labute approximate surface area is 161 Å². The van der Waals surface area contributed by atoms with Gasteiger partial charge in [0.1, 0.15) is 0 Å². The molecule has 27 heavy (non-hydrogen) atoms. The van der Waals surface area contributed by atoms with Crippen LogP contribution in [0.1, 0.15) is 18.9 Å². The van der Waals surface area contributed by atoms with Crippen LogP contribution in [0.2, 0.25) is 0 Å². The highest BCUT2D eigenvalue weighted by atomic mass is 16.5. The third kappa shape index (κ3) is 5.43. The third-order valence-corrected chi connectivity index (χ3v) is 5.26. The first-order valence-electron chi connectivity index (χ1n) is 9.85. The van der Waals surface area contributed by atoms with E-state index < -0.39 is 0 Å². The zero-order valence-corrected chi connectivity index (χ0v) is 16.4. The Morgan fingerprint density at radius 3 is 2.85 bits per heavy atom. The van der Waals surface area contributed by atoms with Gasteiger partial charge in [0.25, 0.3) is 0 Å². The van der Waals surface area contributed by atoms with Crippen molar-refractivity contribution in [3.8, 4) is 0 Å². The zero-order chi connectivity index (χ0) is 19.1. The van der Waals surface area contributed by atoms with Gasteiger partial charge in [0.15, 0.2) is 5.96 Å². The SMILES string of the molecule is CCc1cccc(NC(=O)CNC(=NC)N2CCC(N3CCOCC3)C2)c1.